The van der Waals surface area contributed by atoms with Gasteiger partial charge in [-0.2, -0.15) is 0 Å². The number of ether oxygens (including phenoxy) is 2. The molecule has 29 heavy (non-hydrogen) atoms. The number of alkyl halides is 1. The van der Waals surface area contributed by atoms with Crippen molar-refractivity contribution in [2.75, 3.05) is 33.4 Å². The molecule has 1 aliphatic heterocycles. The lowest BCUT2D eigenvalue weighted by Gasteiger charge is -2.15. The molecule has 1 N–H and O–H groups in total. The fourth-order valence-electron chi connectivity index (χ4n) is 4.28. The van der Waals surface area contributed by atoms with Crippen LogP contribution in [0.1, 0.15) is 37.3 Å². The Bertz CT molecular complexity index is 1000. The van der Waals surface area contributed by atoms with E-state index >= 15 is 0 Å². The second-order valence-electron chi connectivity index (χ2n) is 7.96. The van der Waals surface area contributed by atoms with E-state index in [9.17, 15) is 4.39 Å². The molecule has 1 saturated heterocycles. The van der Waals surface area contributed by atoms with Crippen molar-refractivity contribution in [3.05, 3.63) is 30.1 Å². The van der Waals surface area contributed by atoms with Crippen molar-refractivity contribution >= 4 is 34.2 Å². The van der Waals surface area contributed by atoms with E-state index in [-0.39, 0.29) is 12.4 Å². The third kappa shape index (κ3) is 4.01. The van der Waals surface area contributed by atoms with Crippen LogP contribution in [0.15, 0.2) is 24.4 Å². The number of fused-ring (bicyclic) bond motifs is 3. The minimum Gasteiger partial charge on any atom is -0.493 e. The zero-order valence-electron chi connectivity index (χ0n) is 16.6. The highest BCUT2D eigenvalue weighted by Gasteiger charge is 2.28. The summed E-state index contributed by atoms with van der Waals surface area (Å²) < 4.78 is 24.9. The first-order valence-electron chi connectivity index (χ1n) is 10.2. The Hall–Kier alpha value is -2.05. The second-order valence-corrected chi connectivity index (χ2v) is 7.96. The molecule has 5 rings (SSSR count). The van der Waals surface area contributed by atoms with Crippen molar-refractivity contribution in [1.29, 1.82) is 0 Å². The summed E-state index contributed by atoms with van der Waals surface area (Å²) in [5.74, 6) is 2.07. The summed E-state index contributed by atoms with van der Waals surface area (Å²) in [5.41, 5.74) is 3.35. The second kappa shape index (κ2) is 8.36. The molecule has 7 heteroatoms. The quantitative estimate of drug-likeness (QED) is 0.557. The van der Waals surface area contributed by atoms with Gasteiger partial charge in [-0.05, 0) is 37.8 Å². The minimum absolute atomic E-state index is 0. The maximum absolute atomic E-state index is 13.3. The summed E-state index contributed by atoms with van der Waals surface area (Å²) in [4.78, 5) is 10.3. The molecule has 2 fully saturated rings. The molecule has 3 heterocycles. The summed E-state index contributed by atoms with van der Waals surface area (Å²) in [6.45, 7) is 2.86. The molecule has 0 bridgehead atoms. The Balaban J connectivity index is 0.00000205. The lowest BCUT2D eigenvalue weighted by atomic mass is 10.1. The number of benzene rings is 1. The average Bonchev–Trinajstić information content (AvgIpc) is 3.37. The van der Waals surface area contributed by atoms with Crippen LogP contribution in [0.3, 0.4) is 0 Å². The van der Waals surface area contributed by atoms with E-state index in [1.807, 2.05) is 18.3 Å². The number of aromatic amines is 1. The van der Waals surface area contributed by atoms with E-state index in [1.165, 1.54) is 23.9 Å². The SMILES string of the molecule is COc1cc2c(cc1OCCCN1CC[C@@H](F)C1)[nH]c1ccnc(C3CC3)c12.Cl. The monoisotopic (exact) mass is 419 g/mol. The van der Waals surface area contributed by atoms with Crippen molar-refractivity contribution < 1.29 is 13.9 Å². The van der Waals surface area contributed by atoms with Crippen LogP contribution in [0.25, 0.3) is 21.8 Å². The van der Waals surface area contributed by atoms with Gasteiger partial charge < -0.3 is 19.4 Å². The topological polar surface area (TPSA) is 50.4 Å². The molecule has 5 nitrogen and oxygen atoms in total. The summed E-state index contributed by atoms with van der Waals surface area (Å²) in [5, 5.41) is 2.35. The third-order valence-electron chi connectivity index (χ3n) is 5.88. The Morgan fingerprint density at radius 1 is 1.21 bits per heavy atom. The molecule has 1 aliphatic carbocycles. The number of methoxy groups -OCH3 is 1. The molecule has 156 valence electrons. The molecule has 1 atom stereocenters. The number of halogens is 2. The first-order valence-corrected chi connectivity index (χ1v) is 10.2. The normalized spacial score (nSPS) is 19.6. The molecule has 1 saturated carbocycles. The number of pyridine rings is 1. The number of aromatic nitrogens is 2. The van der Waals surface area contributed by atoms with Gasteiger partial charge in [-0.3, -0.25) is 4.98 Å². The van der Waals surface area contributed by atoms with Crippen molar-refractivity contribution in [3.63, 3.8) is 0 Å². The lowest BCUT2D eigenvalue weighted by molar-refractivity contribution is 0.243. The number of hydrogen-bond donors (Lipinski definition) is 1. The van der Waals surface area contributed by atoms with E-state index in [0.717, 1.165) is 47.4 Å². The van der Waals surface area contributed by atoms with E-state index in [2.05, 4.69) is 20.9 Å². The fraction of sp³-hybridized carbons (Fsp3) is 0.500. The molecule has 0 radical (unpaired) electrons. The van der Waals surface area contributed by atoms with Gasteiger partial charge in [-0.25, -0.2) is 4.39 Å². The highest BCUT2D eigenvalue weighted by Crippen LogP contribution is 2.45. The van der Waals surface area contributed by atoms with Crippen LogP contribution in [0, 0.1) is 0 Å². The van der Waals surface area contributed by atoms with Gasteiger partial charge >= 0.3 is 0 Å². The van der Waals surface area contributed by atoms with Crippen molar-refractivity contribution in [2.24, 2.45) is 0 Å². The number of likely N-dealkylation sites (tertiary alicyclic amines) is 1. The van der Waals surface area contributed by atoms with Crippen LogP contribution in [0.5, 0.6) is 11.5 Å². The smallest absolute Gasteiger partial charge is 0.163 e. The van der Waals surface area contributed by atoms with Gasteiger partial charge in [0.2, 0.25) is 0 Å². The Labute approximate surface area is 176 Å². The summed E-state index contributed by atoms with van der Waals surface area (Å²) in [6, 6.07) is 6.12. The lowest BCUT2D eigenvalue weighted by Crippen LogP contribution is -2.23. The molecular weight excluding hydrogens is 393 g/mol. The van der Waals surface area contributed by atoms with E-state index < -0.39 is 6.17 Å². The fourth-order valence-corrected chi connectivity index (χ4v) is 4.28. The summed E-state index contributed by atoms with van der Waals surface area (Å²) >= 11 is 0. The zero-order chi connectivity index (χ0) is 19.1. The Kier molecular flexibility index (Phi) is 5.83. The van der Waals surface area contributed by atoms with Crippen molar-refractivity contribution in [2.45, 2.75) is 37.8 Å². The first-order chi connectivity index (χ1) is 13.7. The maximum Gasteiger partial charge on any atom is 0.163 e. The minimum atomic E-state index is -0.666. The van der Waals surface area contributed by atoms with Gasteiger partial charge in [-0.15, -0.1) is 12.4 Å². The van der Waals surface area contributed by atoms with Gasteiger partial charge in [0.05, 0.1) is 24.9 Å². The van der Waals surface area contributed by atoms with Crippen LogP contribution >= 0.6 is 12.4 Å². The van der Waals surface area contributed by atoms with E-state index in [4.69, 9.17) is 9.47 Å². The van der Waals surface area contributed by atoms with Crippen LogP contribution in [-0.4, -0.2) is 54.4 Å². The molecule has 0 spiro atoms. The highest BCUT2D eigenvalue weighted by molar-refractivity contribution is 6.09. The van der Waals surface area contributed by atoms with Gasteiger partial charge in [-0.1, -0.05) is 0 Å². The Morgan fingerprint density at radius 3 is 2.79 bits per heavy atom. The predicted molar refractivity (Wildman–Crippen MR) is 115 cm³/mol. The molecule has 1 aromatic carbocycles. The van der Waals surface area contributed by atoms with Crippen LogP contribution in [-0.2, 0) is 0 Å². The predicted octanol–water partition coefficient (Wildman–Crippen LogP) is 4.84. The number of nitrogens with one attached hydrogen (secondary N) is 1. The standard InChI is InChI=1S/C22H26FN3O2.ClH/c1-27-19-11-16-18(25-17-5-7-24-22(21(16)17)14-3-4-14)12-20(19)28-10-2-8-26-9-6-15(23)13-26;/h5,7,11-12,14-15,25H,2-4,6,8-10,13H2,1H3;1H/t15-;/m1./s1. The van der Waals surface area contributed by atoms with Gasteiger partial charge in [0.25, 0.3) is 0 Å². The van der Waals surface area contributed by atoms with Gasteiger partial charge in [0.1, 0.15) is 6.17 Å². The summed E-state index contributed by atoms with van der Waals surface area (Å²) in [7, 11) is 1.68. The van der Waals surface area contributed by atoms with Crippen LogP contribution in [0.4, 0.5) is 4.39 Å². The number of hydrogen-bond acceptors (Lipinski definition) is 4. The maximum atomic E-state index is 13.3. The highest BCUT2D eigenvalue weighted by atomic mass is 35.5. The molecule has 3 aromatic rings. The zero-order valence-corrected chi connectivity index (χ0v) is 17.4. The van der Waals surface area contributed by atoms with Crippen molar-refractivity contribution in [1.82, 2.24) is 14.9 Å². The van der Waals surface area contributed by atoms with Gasteiger partial charge in [0, 0.05) is 54.1 Å². The van der Waals surface area contributed by atoms with Crippen molar-refractivity contribution in [3.8, 4) is 11.5 Å². The average molecular weight is 420 g/mol. The summed E-state index contributed by atoms with van der Waals surface area (Å²) in [6.07, 6.45) is 5.19. The number of rotatable bonds is 7. The molecule has 0 unspecified atom stereocenters. The largest absolute Gasteiger partial charge is 0.493 e. The third-order valence-corrected chi connectivity index (χ3v) is 5.88. The molecular formula is C22H27ClFN3O2. The van der Waals surface area contributed by atoms with Crippen LogP contribution in [0.2, 0.25) is 0 Å². The molecule has 2 aromatic heterocycles. The molecule has 0 amide bonds. The number of H-pyrrole nitrogens is 1. The van der Waals surface area contributed by atoms with E-state index in [0.29, 0.717) is 25.5 Å². The van der Waals surface area contributed by atoms with E-state index in [1.54, 1.807) is 7.11 Å². The van der Waals surface area contributed by atoms with Gasteiger partial charge in [0.15, 0.2) is 11.5 Å². The molecule has 2 aliphatic rings. The number of nitrogens with zero attached hydrogens (tertiary/aromatic N) is 2. The first kappa shape index (κ1) is 20.2. The Morgan fingerprint density at radius 2 is 2.07 bits per heavy atom. The van der Waals surface area contributed by atoms with Crippen LogP contribution < -0.4 is 9.47 Å².